The Morgan fingerprint density at radius 1 is 0.971 bits per heavy atom. The highest BCUT2D eigenvalue weighted by atomic mass is 35.5. The van der Waals surface area contributed by atoms with Crippen molar-refractivity contribution in [3.8, 4) is 0 Å². The Hall–Kier alpha value is -3.27. The van der Waals surface area contributed by atoms with Crippen LogP contribution in [0.5, 0.6) is 0 Å². The van der Waals surface area contributed by atoms with Gasteiger partial charge in [-0.2, -0.15) is 0 Å². The monoisotopic (exact) mass is 491 g/mol. The highest BCUT2D eigenvalue weighted by Gasteiger charge is 2.32. The number of aromatic nitrogens is 5. The van der Waals surface area contributed by atoms with Crippen LogP contribution in [-0.2, 0) is 6.54 Å². The first kappa shape index (κ1) is 21.3. The van der Waals surface area contributed by atoms with Gasteiger partial charge in [0.25, 0.3) is 0 Å². The van der Waals surface area contributed by atoms with Crippen molar-refractivity contribution in [2.24, 2.45) is 0 Å². The van der Waals surface area contributed by atoms with E-state index < -0.39 is 0 Å². The van der Waals surface area contributed by atoms with Crippen molar-refractivity contribution in [1.29, 1.82) is 0 Å². The average molecular weight is 492 g/mol. The molecular weight excluding hydrogens is 470 g/mol. The minimum absolute atomic E-state index is 0.170. The lowest BCUT2D eigenvalue weighted by molar-refractivity contribution is 0.201. The Balaban J connectivity index is 1.29. The molecule has 1 saturated heterocycles. The molecule has 172 valence electrons. The van der Waals surface area contributed by atoms with Gasteiger partial charge in [-0.25, -0.2) is 9.67 Å². The smallest absolute Gasteiger partial charge is 0.186 e. The zero-order valence-electron chi connectivity index (χ0n) is 18.3. The number of halogens is 1. The molecule has 2 aromatic carbocycles. The van der Waals surface area contributed by atoms with E-state index in [1.807, 2.05) is 36.4 Å². The molecule has 3 aromatic heterocycles. The number of hydrogen-bond donors (Lipinski definition) is 0. The van der Waals surface area contributed by atoms with E-state index in [-0.39, 0.29) is 6.04 Å². The SMILES string of the molecule is Clc1ccccc1[C@@H](c1nnnn1Cc1ccco1)N1CCN(c2nc3ccccc3s2)CC1. The van der Waals surface area contributed by atoms with Crippen LogP contribution in [0.15, 0.2) is 71.3 Å². The van der Waals surface area contributed by atoms with Gasteiger partial charge in [0.2, 0.25) is 0 Å². The lowest BCUT2D eigenvalue weighted by Gasteiger charge is -2.39. The quantitative estimate of drug-likeness (QED) is 0.346. The van der Waals surface area contributed by atoms with E-state index in [4.69, 9.17) is 21.0 Å². The van der Waals surface area contributed by atoms with Gasteiger partial charge in [-0.05, 0) is 46.3 Å². The van der Waals surface area contributed by atoms with Crippen LogP contribution in [0, 0.1) is 0 Å². The zero-order valence-corrected chi connectivity index (χ0v) is 19.9. The van der Waals surface area contributed by atoms with Gasteiger partial charge >= 0.3 is 0 Å². The van der Waals surface area contributed by atoms with E-state index in [0.29, 0.717) is 11.6 Å². The summed E-state index contributed by atoms with van der Waals surface area (Å²) >= 11 is 8.42. The normalized spacial score (nSPS) is 15.7. The lowest BCUT2D eigenvalue weighted by Crippen LogP contribution is -2.48. The first-order chi connectivity index (χ1) is 16.8. The summed E-state index contributed by atoms with van der Waals surface area (Å²) in [5.74, 6) is 1.55. The number of thiazole rings is 1. The summed E-state index contributed by atoms with van der Waals surface area (Å²) < 4.78 is 8.55. The molecule has 0 N–H and O–H groups in total. The van der Waals surface area contributed by atoms with Crippen LogP contribution in [0.2, 0.25) is 5.02 Å². The minimum atomic E-state index is -0.170. The summed E-state index contributed by atoms with van der Waals surface area (Å²) in [6, 6.07) is 19.8. The second-order valence-corrected chi connectivity index (χ2v) is 9.60. The second-order valence-electron chi connectivity index (χ2n) is 8.19. The molecule has 0 spiro atoms. The average Bonchev–Trinajstić information content (AvgIpc) is 3.63. The van der Waals surface area contributed by atoms with Gasteiger partial charge in [0.05, 0.1) is 22.5 Å². The standard InChI is InChI=1S/C24H22ClN7OS/c25-19-8-2-1-7-18(19)22(23-27-28-29-32(23)16-17-6-5-15-33-17)30-11-13-31(14-12-30)24-26-20-9-3-4-10-21(20)34-24/h1-10,15,22H,11-14,16H2/t22-/m0/s1. The van der Waals surface area contributed by atoms with Gasteiger partial charge in [-0.3, -0.25) is 4.90 Å². The van der Waals surface area contributed by atoms with E-state index in [1.165, 1.54) is 4.70 Å². The van der Waals surface area contributed by atoms with Crippen molar-refractivity contribution >= 4 is 38.3 Å². The van der Waals surface area contributed by atoms with Gasteiger partial charge in [0.1, 0.15) is 12.3 Å². The van der Waals surface area contributed by atoms with Crippen molar-refractivity contribution < 1.29 is 4.42 Å². The molecule has 0 unspecified atom stereocenters. The number of fused-ring (bicyclic) bond motifs is 1. The first-order valence-electron chi connectivity index (χ1n) is 11.1. The van der Waals surface area contributed by atoms with E-state index in [9.17, 15) is 0 Å². The van der Waals surface area contributed by atoms with E-state index in [0.717, 1.165) is 54.0 Å². The Morgan fingerprint density at radius 2 is 1.79 bits per heavy atom. The van der Waals surface area contributed by atoms with Gasteiger partial charge in [0, 0.05) is 31.2 Å². The van der Waals surface area contributed by atoms with Crippen molar-refractivity contribution in [3.63, 3.8) is 0 Å². The number of piperazine rings is 1. The van der Waals surface area contributed by atoms with Gasteiger partial charge in [-0.1, -0.05) is 53.3 Å². The van der Waals surface area contributed by atoms with Crippen LogP contribution in [0.1, 0.15) is 23.2 Å². The summed E-state index contributed by atoms with van der Waals surface area (Å²) in [7, 11) is 0. The van der Waals surface area contributed by atoms with Crippen molar-refractivity contribution in [3.05, 3.63) is 89.1 Å². The summed E-state index contributed by atoms with van der Waals surface area (Å²) in [4.78, 5) is 9.60. The third kappa shape index (κ3) is 4.06. The number of hydrogen-bond acceptors (Lipinski definition) is 8. The van der Waals surface area contributed by atoms with Gasteiger partial charge in [0.15, 0.2) is 11.0 Å². The molecule has 0 saturated carbocycles. The predicted molar refractivity (Wildman–Crippen MR) is 132 cm³/mol. The molecule has 34 heavy (non-hydrogen) atoms. The fourth-order valence-electron chi connectivity index (χ4n) is 4.43. The summed E-state index contributed by atoms with van der Waals surface area (Å²) in [6.45, 7) is 3.85. The minimum Gasteiger partial charge on any atom is -0.467 e. The molecule has 1 fully saturated rings. The van der Waals surface area contributed by atoms with Crippen LogP contribution in [-0.4, -0.2) is 56.3 Å². The number of rotatable bonds is 6. The number of furan rings is 1. The molecule has 1 aliphatic rings. The van der Waals surface area contributed by atoms with Crippen molar-refractivity contribution in [2.75, 3.05) is 31.1 Å². The van der Waals surface area contributed by atoms with Gasteiger partial charge < -0.3 is 9.32 Å². The van der Waals surface area contributed by atoms with E-state index in [1.54, 1.807) is 22.3 Å². The van der Waals surface area contributed by atoms with Crippen molar-refractivity contribution in [1.82, 2.24) is 30.1 Å². The van der Waals surface area contributed by atoms with Crippen LogP contribution in [0.25, 0.3) is 10.2 Å². The zero-order chi connectivity index (χ0) is 22.9. The molecule has 8 nitrogen and oxygen atoms in total. The summed E-state index contributed by atoms with van der Waals surface area (Å²) in [6.07, 6.45) is 1.66. The summed E-state index contributed by atoms with van der Waals surface area (Å²) in [5, 5.41) is 14.5. The number of anilines is 1. The Morgan fingerprint density at radius 3 is 2.59 bits per heavy atom. The third-order valence-electron chi connectivity index (χ3n) is 6.12. The molecule has 6 rings (SSSR count). The van der Waals surface area contributed by atoms with Crippen LogP contribution in [0.3, 0.4) is 0 Å². The predicted octanol–water partition coefficient (Wildman–Crippen LogP) is 4.49. The molecule has 4 heterocycles. The largest absolute Gasteiger partial charge is 0.467 e. The topological polar surface area (TPSA) is 76.1 Å². The molecule has 0 aliphatic carbocycles. The Bertz CT molecular complexity index is 1360. The third-order valence-corrected chi connectivity index (χ3v) is 7.56. The van der Waals surface area contributed by atoms with Crippen LogP contribution in [0.4, 0.5) is 5.13 Å². The Kier molecular flexibility index (Phi) is 5.74. The highest BCUT2D eigenvalue weighted by molar-refractivity contribution is 7.22. The molecule has 1 aliphatic heterocycles. The van der Waals surface area contributed by atoms with E-state index >= 15 is 0 Å². The summed E-state index contributed by atoms with van der Waals surface area (Å²) in [5.41, 5.74) is 2.05. The molecule has 5 aromatic rings. The van der Waals surface area contributed by atoms with Crippen molar-refractivity contribution in [2.45, 2.75) is 12.6 Å². The molecule has 1 atom stereocenters. The second kappa shape index (κ2) is 9.17. The molecule has 10 heteroatoms. The number of para-hydroxylation sites is 1. The number of benzene rings is 2. The fraction of sp³-hybridized carbons (Fsp3) is 0.250. The Labute approximate surface area is 205 Å². The van der Waals surface area contributed by atoms with E-state index in [2.05, 4.69) is 49.6 Å². The maximum Gasteiger partial charge on any atom is 0.186 e. The first-order valence-corrected chi connectivity index (χ1v) is 12.3. The maximum absolute atomic E-state index is 6.68. The molecule has 0 radical (unpaired) electrons. The number of nitrogens with zero attached hydrogens (tertiary/aromatic N) is 7. The van der Waals surface area contributed by atoms with Gasteiger partial charge in [-0.15, -0.1) is 5.10 Å². The maximum atomic E-state index is 6.68. The number of tetrazole rings is 1. The molecular formula is C24H22ClN7OS. The highest BCUT2D eigenvalue weighted by Crippen LogP contribution is 2.35. The van der Waals surface area contributed by atoms with Crippen LogP contribution < -0.4 is 4.90 Å². The van der Waals surface area contributed by atoms with Crippen LogP contribution >= 0.6 is 22.9 Å². The molecule has 0 bridgehead atoms. The lowest BCUT2D eigenvalue weighted by atomic mass is 10.0. The molecule has 0 amide bonds. The fourth-order valence-corrected chi connectivity index (χ4v) is 5.69.